The van der Waals surface area contributed by atoms with E-state index in [2.05, 4.69) is 26.7 Å². The normalized spacial score (nSPS) is 15.2. The highest BCUT2D eigenvalue weighted by Crippen LogP contribution is 2.24. The summed E-state index contributed by atoms with van der Waals surface area (Å²) >= 11 is 0. The van der Waals surface area contributed by atoms with E-state index in [4.69, 9.17) is 0 Å². The number of rotatable bonds is 5. The molecule has 0 aliphatic carbocycles. The van der Waals surface area contributed by atoms with Crippen molar-refractivity contribution in [3.63, 3.8) is 0 Å². The van der Waals surface area contributed by atoms with E-state index in [1.165, 1.54) is 25.0 Å². The number of sulfonamides is 1. The third kappa shape index (κ3) is 4.59. The van der Waals surface area contributed by atoms with Crippen molar-refractivity contribution in [1.29, 1.82) is 0 Å². The largest absolute Gasteiger partial charge is 0.355 e. The molecular formula is C22H23FN4O2S. The molecule has 1 fully saturated rings. The van der Waals surface area contributed by atoms with Crippen LogP contribution in [0.4, 0.5) is 15.9 Å². The van der Waals surface area contributed by atoms with Gasteiger partial charge in [0, 0.05) is 24.3 Å². The fraction of sp³-hybridized carbons (Fsp3) is 0.273. The minimum absolute atomic E-state index is 0.00142. The van der Waals surface area contributed by atoms with Gasteiger partial charge in [0.15, 0.2) is 5.82 Å². The number of piperidine rings is 1. The fourth-order valence-electron chi connectivity index (χ4n) is 3.42. The van der Waals surface area contributed by atoms with E-state index in [0.29, 0.717) is 5.69 Å². The Kier molecular flexibility index (Phi) is 5.67. The lowest BCUT2D eigenvalue weighted by Gasteiger charge is -2.30. The molecule has 0 atom stereocenters. The summed E-state index contributed by atoms with van der Waals surface area (Å²) in [4.78, 5) is 2.26. The Labute approximate surface area is 175 Å². The van der Waals surface area contributed by atoms with Gasteiger partial charge in [-0.15, -0.1) is 10.2 Å². The van der Waals surface area contributed by atoms with E-state index in [-0.39, 0.29) is 4.90 Å². The van der Waals surface area contributed by atoms with Crippen LogP contribution in [0.15, 0.2) is 65.6 Å². The standard InChI is InChI=1S/C22H23FN4O2S/c1-16-12-14-27(15-13-16)22-11-10-21(24-25-22)17-2-6-19(7-3-17)26-30(28,29)20-8-4-18(23)5-9-20/h2-11,16,26H,12-15H2,1H3. The summed E-state index contributed by atoms with van der Waals surface area (Å²) in [6, 6.07) is 15.5. The van der Waals surface area contributed by atoms with Crippen LogP contribution in [0.1, 0.15) is 19.8 Å². The lowest BCUT2D eigenvalue weighted by molar-refractivity contribution is 0.436. The molecule has 2 aromatic carbocycles. The Balaban J connectivity index is 1.45. The first-order chi connectivity index (χ1) is 14.4. The van der Waals surface area contributed by atoms with Gasteiger partial charge in [0.05, 0.1) is 10.6 Å². The van der Waals surface area contributed by atoms with Crippen LogP contribution in [0.3, 0.4) is 0 Å². The van der Waals surface area contributed by atoms with Crippen LogP contribution < -0.4 is 9.62 Å². The number of hydrogen-bond acceptors (Lipinski definition) is 5. The van der Waals surface area contributed by atoms with E-state index in [0.717, 1.165) is 48.2 Å². The van der Waals surface area contributed by atoms with Gasteiger partial charge in [0.1, 0.15) is 5.82 Å². The van der Waals surface area contributed by atoms with Gasteiger partial charge in [-0.05, 0) is 67.3 Å². The molecule has 0 spiro atoms. The summed E-state index contributed by atoms with van der Waals surface area (Å²) < 4.78 is 40.4. The number of nitrogens with one attached hydrogen (secondary N) is 1. The third-order valence-electron chi connectivity index (χ3n) is 5.31. The molecule has 0 amide bonds. The predicted molar refractivity (Wildman–Crippen MR) is 115 cm³/mol. The Morgan fingerprint density at radius 2 is 1.60 bits per heavy atom. The average molecular weight is 427 g/mol. The first kappa shape index (κ1) is 20.3. The Morgan fingerprint density at radius 3 is 2.20 bits per heavy atom. The zero-order valence-electron chi connectivity index (χ0n) is 16.6. The maximum atomic E-state index is 13.0. The summed E-state index contributed by atoms with van der Waals surface area (Å²) in [6.07, 6.45) is 2.33. The Bertz CT molecular complexity index is 1090. The maximum Gasteiger partial charge on any atom is 0.261 e. The van der Waals surface area contributed by atoms with Crippen molar-refractivity contribution in [2.45, 2.75) is 24.7 Å². The van der Waals surface area contributed by atoms with Crippen molar-refractivity contribution >= 4 is 21.5 Å². The van der Waals surface area contributed by atoms with Crippen LogP contribution >= 0.6 is 0 Å². The molecule has 4 rings (SSSR count). The molecule has 30 heavy (non-hydrogen) atoms. The van der Waals surface area contributed by atoms with Crippen LogP contribution in [0.2, 0.25) is 0 Å². The zero-order valence-corrected chi connectivity index (χ0v) is 17.4. The lowest BCUT2D eigenvalue weighted by atomic mass is 9.99. The van der Waals surface area contributed by atoms with Gasteiger partial charge in [-0.1, -0.05) is 19.1 Å². The number of anilines is 2. The molecule has 0 radical (unpaired) electrons. The molecule has 0 saturated carbocycles. The summed E-state index contributed by atoms with van der Waals surface area (Å²) in [5, 5.41) is 8.70. The van der Waals surface area contributed by atoms with Gasteiger partial charge in [0.2, 0.25) is 0 Å². The van der Waals surface area contributed by atoms with Gasteiger partial charge >= 0.3 is 0 Å². The molecule has 0 unspecified atom stereocenters. The second-order valence-corrected chi connectivity index (χ2v) is 9.27. The highest BCUT2D eigenvalue weighted by Gasteiger charge is 2.17. The molecule has 2 heterocycles. The average Bonchev–Trinajstić information content (AvgIpc) is 2.75. The summed E-state index contributed by atoms with van der Waals surface area (Å²) in [6.45, 7) is 4.27. The molecule has 0 bridgehead atoms. The van der Waals surface area contributed by atoms with Crippen LogP contribution in [-0.2, 0) is 10.0 Å². The smallest absolute Gasteiger partial charge is 0.261 e. The molecule has 156 valence electrons. The van der Waals surface area contributed by atoms with Gasteiger partial charge < -0.3 is 4.90 Å². The fourth-order valence-corrected chi connectivity index (χ4v) is 4.48. The van der Waals surface area contributed by atoms with E-state index in [1.54, 1.807) is 24.3 Å². The first-order valence-electron chi connectivity index (χ1n) is 9.88. The lowest BCUT2D eigenvalue weighted by Crippen LogP contribution is -2.33. The second-order valence-electron chi connectivity index (χ2n) is 7.58. The van der Waals surface area contributed by atoms with Gasteiger partial charge in [-0.3, -0.25) is 4.72 Å². The van der Waals surface area contributed by atoms with E-state index >= 15 is 0 Å². The van der Waals surface area contributed by atoms with Crippen LogP contribution in [0.25, 0.3) is 11.3 Å². The van der Waals surface area contributed by atoms with E-state index in [1.807, 2.05) is 12.1 Å². The Morgan fingerprint density at radius 1 is 0.933 bits per heavy atom. The summed E-state index contributed by atoms with van der Waals surface area (Å²) in [5.74, 6) is 1.15. The van der Waals surface area contributed by atoms with Gasteiger partial charge in [-0.2, -0.15) is 0 Å². The van der Waals surface area contributed by atoms with Gasteiger partial charge in [0.25, 0.3) is 10.0 Å². The van der Waals surface area contributed by atoms with Crippen LogP contribution in [0.5, 0.6) is 0 Å². The monoisotopic (exact) mass is 426 g/mol. The van der Waals surface area contributed by atoms with Crippen molar-refractivity contribution in [3.05, 3.63) is 66.5 Å². The SMILES string of the molecule is CC1CCN(c2ccc(-c3ccc(NS(=O)(=O)c4ccc(F)cc4)cc3)nn2)CC1. The minimum Gasteiger partial charge on any atom is -0.355 e. The minimum atomic E-state index is -3.78. The zero-order chi connectivity index (χ0) is 21.1. The first-order valence-corrected chi connectivity index (χ1v) is 11.4. The Hall–Kier alpha value is -3.00. The maximum absolute atomic E-state index is 13.0. The summed E-state index contributed by atoms with van der Waals surface area (Å²) in [5.41, 5.74) is 1.97. The molecule has 1 aliphatic heterocycles. The number of benzene rings is 2. The molecular weight excluding hydrogens is 403 g/mol. The molecule has 6 nitrogen and oxygen atoms in total. The predicted octanol–water partition coefficient (Wildman–Crippen LogP) is 4.32. The molecule has 8 heteroatoms. The molecule has 1 aromatic heterocycles. The molecule has 1 saturated heterocycles. The van der Waals surface area contributed by atoms with E-state index < -0.39 is 15.8 Å². The van der Waals surface area contributed by atoms with Crippen molar-refractivity contribution in [3.8, 4) is 11.3 Å². The highest BCUT2D eigenvalue weighted by molar-refractivity contribution is 7.92. The molecule has 1 N–H and O–H groups in total. The van der Waals surface area contributed by atoms with Crippen molar-refractivity contribution in [1.82, 2.24) is 10.2 Å². The molecule has 1 aliphatic rings. The quantitative estimate of drug-likeness (QED) is 0.658. The van der Waals surface area contributed by atoms with Crippen molar-refractivity contribution in [2.75, 3.05) is 22.7 Å². The van der Waals surface area contributed by atoms with Crippen LogP contribution in [-0.4, -0.2) is 31.7 Å². The number of nitrogens with zero attached hydrogens (tertiary/aromatic N) is 3. The topological polar surface area (TPSA) is 75.2 Å². The van der Waals surface area contributed by atoms with Gasteiger partial charge in [-0.25, -0.2) is 12.8 Å². The molecule has 3 aromatic rings. The number of halogens is 1. The van der Waals surface area contributed by atoms with E-state index in [9.17, 15) is 12.8 Å². The summed E-state index contributed by atoms with van der Waals surface area (Å²) in [7, 11) is -3.78. The van der Waals surface area contributed by atoms with Crippen LogP contribution in [0, 0.1) is 11.7 Å². The highest BCUT2D eigenvalue weighted by atomic mass is 32.2. The number of aromatic nitrogens is 2. The number of hydrogen-bond donors (Lipinski definition) is 1. The second kappa shape index (κ2) is 8.39. The third-order valence-corrected chi connectivity index (χ3v) is 6.71. The van der Waals surface area contributed by atoms with Crippen molar-refractivity contribution < 1.29 is 12.8 Å². The van der Waals surface area contributed by atoms with Crippen molar-refractivity contribution in [2.24, 2.45) is 5.92 Å².